The fourth-order valence-corrected chi connectivity index (χ4v) is 1.97. The normalized spacial score (nSPS) is 15.2. The second-order valence-electron chi connectivity index (χ2n) is 4.65. The van der Waals surface area contributed by atoms with Gasteiger partial charge in [-0.3, -0.25) is 0 Å². The summed E-state index contributed by atoms with van der Waals surface area (Å²) in [5.74, 6) is 0.0733. The molecule has 16 heavy (non-hydrogen) atoms. The Morgan fingerprint density at radius 2 is 2.06 bits per heavy atom. The fourth-order valence-electron chi connectivity index (χ4n) is 1.77. The first-order valence-corrected chi connectivity index (χ1v) is 5.99. The summed E-state index contributed by atoms with van der Waals surface area (Å²) in [6, 6.07) is 4.62. The SMILES string of the molecule is CCC(N)(Cc1cc(Cl)ccc1F)C(C)C. The first kappa shape index (κ1) is 13.5. The standard InChI is InChI=1S/C13H19ClFN/c1-4-13(16,9(2)3)8-10-7-11(14)5-6-12(10)15/h5-7,9H,4,8,16H2,1-3H3. The predicted molar refractivity (Wildman–Crippen MR) is 67.2 cm³/mol. The highest BCUT2D eigenvalue weighted by molar-refractivity contribution is 6.30. The van der Waals surface area contributed by atoms with Gasteiger partial charge in [0.05, 0.1) is 0 Å². The van der Waals surface area contributed by atoms with Crippen molar-refractivity contribution in [3.05, 3.63) is 34.6 Å². The maximum Gasteiger partial charge on any atom is 0.126 e. The summed E-state index contributed by atoms with van der Waals surface area (Å²) in [6.45, 7) is 6.15. The molecule has 1 aromatic rings. The molecule has 1 atom stereocenters. The molecule has 0 amide bonds. The van der Waals surface area contributed by atoms with Gasteiger partial charge in [0.15, 0.2) is 0 Å². The molecule has 0 aliphatic heterocycles. The van der Waals surface area contributed by atoms with Crippen molar-refractivity contribution in [1.82, 2.24) is 0 Å². The van der Waals surface area contributed by atoms with E-state index in [1.165, 1.54) is 6.07 Å². The first-order valence-electron chi connectivity index (χ1n) is 5.62. The molecular formula is C13H19ClFN. The molecule has 1 unspecified atom stereocenters. The number of nitrogens with two attached hydrogens (primary N) is 1. The molecule has 1 nitrogen and oxygen atoms in total. The first-order chi connectivity index (χ1) is 7.39. The molecule has 0 bridgehead atoms. The van der Waals surface area contributed by atoms with E-state index in [9.17, 15) is 4.39 Å². The molecular weight excluding hydrogens is 225 g/mol. The molecule has 0 saturated heterocycles. The van der Waals surface area contributed by atoms with Crippen LogP contribution < -0.4 is 5.73 Å². The fraction of sp³-hybridized carbons (Fsp3) is 0.538. The van der Waals surface area contributed by atoms with Crippen molar-refractivity contribution in [1.29, 1.82) is 0 Å². The van der Waals surface area contributed by atoms with Gasteiger partial charge < -0.3 is 5.73 Å². The Bertz CT molecular complexity index is 365. The molecule has 0 fully saturated rings. The highest BCUT2D eigenvalue weighted by atomic mass is 35.5. The van der Waals surface area contributed by atoms with Crippen molar-refractivity contribution in [3.63, 3.8) is 0 Å². The lowest BCUT2D eigenvalue weighted by molar-refractivity contribution is 0.293. The van der Waals surface area contributed by atoms with Crippen LogP contribution in [0.25, 0.3) is 0 Å². The number of halogens is 2. The molecule has 1 rings (SSSR count). The van der Waals surface area contributed by atoms with Gasteiger partial charge in [-0.15, -0.1) is 0 Å². The molecule has 0 aliphatic rings. The van der Waals surface area contributed by atoms with Crippen molar-refractivity contribution in [3.8, 4) is 0 Å². The van der Waals surface area contributed by atoms with Gasteiger partial charge >= 0.3 is 0 Å². The maximum absolute atomic E-state index is 13.6. The molecule has 0 radical (unpaired) electrons. The summed E-state index contributed by atoms with van der Waals surface area (Å²) >= 11 is 5.86. The lowest BCUT2D eigenvalue weighted by Gasteiger charge is -2.33. The third kappa shape index (κ3) is 2.96. The Morgan fingerprint density at radius 1 is 1.44 bits per heavy atom. The topological polar surface area (TPSA) is 26.0 Å². The van der Waals surface area contributed by atoms with E-state index in [2.05, 4.69) is 13.8 Å². The summed E-state index contributed by atoms with van der Waals surface area (Å²) in [5, 5.41) is 0.554. The van der Waals surface area contributed by atoms with Crippen molar-refractivity contribution >= 4 is 11.6 Å². The van der Waals surface area contributed by atoms with E-state index in [4.69, 9.17) is 17.3 Å². The molecule has 0 spiro atoms. The zero-order chi connectivity index (χ0) is 12.3. The van der Waals surface area contributed by atoms with Crippen molar-refractivity contribution < 1.29 is 4.39 Å². The smallest absolute Gasteiger partial charge is 0.126 e. The third-order valence-electron chi connectivity index (χ3n) is 3.34. The van der Waals surface area contributed by atoms with E-state index in [0.717, 1.165) is 6.42 Å². The van der Waals surface area contributed by atoms with E-state index < -0.39 is 0 Å². The molecule has 1 aromatic carbocycles. The monoisotopic (exact) mass is 243 g/mol. The number of hydrogen-bond donors (Lipinski definition) is 1. The maximum atomic E-state index is 13.6. The Hall–Kier alpha value is -0.600. The van der Waals surface area contributed by atoms with Crippen LogP contribution >= 0.6 is 11.6 Å². The Balaban J connectivity index is 2.98. The van der Waals surface area contributed by atoms with Crippen molar-refractivity contribution in [2.24, 2.45) is 11.7 Å². The van der Waals surface area contributed by atoms with Gasteiger partial charge in [-0.1, -0.05) is 32.4 Å². The van der Waals surface area contributed by atoms with E-state index >= 15 is 0 Å². The third-order valence-corrected chi connectivity index (χ3v) is 3.57. The number of hydrogen-bond acceptors (Lipinski definition) is 1. The van der Waals surface area contributed by atoms with Gasteiger partial charge in [0.2, 0.25) is 0 Å². The van der Waals surface area contributed by atoms with Crippen LogP contribution in [-0.4, -0.2) is 5.54 Å². The van der Waals surface area contributed by atoms with Gasteiger partial charge in [-0.2, -0.15) is 0 Å². The van der Waals surface area contributed by atoms with Gasteiger partial charge in [-0.05, 0) is 42.5 Å². The van der Waals surface area contributed by atoms with E-state index in [1.54, 1.807) is 12.1 Å². The highest BCUT2D eigenvalue weighted by Gasteiger charge is 2.28. The largest absolute Gasteiger partial charge is 0.325 e. The Labute approximate surface area is 102 Å². The van der Waals surface area contributed by atoms with Crippen LogP contribution in [0.4, 0.5) is 4.39 Å². The van der Waals surface area contributed by atoms with Crippen molar-refractivity contribution in [2.75, 3.05) is 0 Å². The Kier molecular flexibility index (Phi) is 4.34. The average molecular weight is 244 g/mol. The van der Waals surface area contributed by atoms with Crippen LogP contribution in [-0.2, 0) is 6.42 Å². The van der Waals surface area contributed by atoms with E-state index in [0.29, 0.717) is 22.9 Å². The summed E-state index contributed by atoms with van der Waals surface area (Å²) in [6.07, 6.45) is 1.34. The molecule has 3 heteroatoms. The van der Waals surface area contributed by atoms with Gasteiger partial charge in [0.1, 0.15) is 5.82 Å². The molecule has 90 valence electrons. The minimum atomic E-state index is -0.370. The number of benzene rings is 1. The van der Waals surface area contributed by atoms with Crippen LogP contribution in [0.15, 0.2) is 18.2 Å². The molecule has 0 heterocycles. The van der Waals surface area contributed by atoms with Crippen molar-refractivity contribution in [2.45, 2.75) is 39.2 Å². The quantitative estimate of drug-likeness (QED) is 0.856. The summed E-state index contributed by atoms with van der Waals surface area (Å²) in [7, 11) is 0. The van der Waals surface area contributed by atoms with Crippen LogP contribution in [0, 0.1) is 11.7 Å². The van der Waals surface area contributed by atoms with Crippen LogP contribution in [0.5, 0.6) is 0 Å². The zero-order valence-electron chi connectivity index (χ0n) is 10.1. The van der Waals surface area contributed by atoms with Crippen LogP contribution in [0.3, 0.4) is 0 Å². The summed E-state index contributed by atoms with van der Waals surface area (Å²) < 4.78 is 13.6. The predicted octanol–water partition coefficient (Wildman–Crippen LogP) is 3.79. The van der Waals surface area contributed by atoms with Crippen LogP contribution in [0.1, 0.15) is 32.8 Å². The molecule has 0 saturated carbocycles. The molecule has 0 aliphatic carbocycles. The average Bonchev–Trinajstić information content (AvgIpc) is 2.23. The lowest BCUT2D eigenvalue weighted by atomic mass is 9.79. The highest BCUT2D eigenvalue weighted by Crippen LogP contribution is 2.26. The lowest BCUT2D eigenvalue weighted by Crippen LogP contribution is -2.46. The second kappa shape index (κ2) is 5.15. The van der Waals surface area contributed by atoms with Gasteiger partial charge in [-0.25, -0.2) is 4.39 Å². The zero-order valence-corrected chi connectivity index (χ0v) is 10.8. The van der Waals surface area contributed by atoms with E-state index in [1.807, 2.05) is 6.92 Å². The second-order valence-corrected chi connectivity index (χ2v) is 5.09. The molecule has 0 aromatic heterocycles. The van der Waals surface area contributed by atoms with Gasteiger partial charge in [0, 0.05) is 10.6 Å². The molecule has 2 N–H and O–H groups in total. The van der Waals surface area contributed by atoms with E-state index in [-0.39, 0.29) is 11.4 Å². The number of rotatable bonds is 4. The summed E-state index contributed by atoms with van der Waals surface area (Å²) in [4.78, 5) is 0. The minimum Gasteiger partial charge on any atom is -0.325 e. The van der Waals surface area contributed by atoms with Gasteiger partial charge in [0.25, 0.3) is 0 Å². The minimum absolute atomic E-state index is 0.228. The Morgan fingerprint density at radius 3 is 2.56 bits per heavy atom. The van der Waals surface area contributed by atoms with Crippen LogP contribution in [0.2, 0.25) is 5.02 Å². The summed E-state index contributed by atoms with van der Waals surface area (Å²) in [5.41, 5.74) is 6.51.